The lowest BCUT2D eigenvalue weighted by Crippen LogP contribution is -2.48. The van der Waals surface area contributed by atoms with Crippen molar-refractivity contribution in [2.45, 2.75) is 102 Å². The quantitative estimate of drug-likeness (QED) is 0.103. The summed E-state index contributed by atoms with van der Waals surface area (Å²) in [7, 11) is 3.25. The fraction of sp³-hybridized carbons (Fsp3) is 0.439. The van der Waals surface area contributed by atoms with Crippen molar-refractivity contribution in [3.63, 3.8) is 0 Å². The monoisotopic (exact) mass is 1100 g/mol. The summed E-state index contributed by atoms with van der Waals surface area (Å²) in [4.78, 5) is 64.4. The Balaban J connectivity index is 0.786. The average Bonchev–Trinajstić information content (AvgIpc) is 4.27. The topological polar surface area (TPSA) is 140 Å². The van der Waals surface area contributed by atoms with Gasteiger partial charge in [-0.15, -0.1) is 22.7 Å². The maximum atomic E-state index is 15.0. The van der Waals surface area contributed by atoms with E-state index in [0.29, 0.717) is 80.0 Å². The summed E-state index contributed by atoms with van der Waals surface area (Å²) in [5.74, 6) is 0.981. The van der Waals surface area contributed by atoms with E-state index in [-0.39, 0.29) is 52.7 Å². The SMILES string of the molecule is COc1cc2c(cc1NC(=O)CBr)-c1c(-c3cccs3)cc(C(=O)N3CCCC3(C)CC[C@@H]3CN(CC(=O)Nc4cc5c(cc4OC)CCn4c(C(=O)N6CCCC6(C)C)cc(-c6cccs6)c4-5)CCO3)n1CC2. The molecule has 11 rings (SSSR count). The molecule has 2 aromatic carbocycles. The van der Waals surface area contributed by atoms with Gasteiger partial charge in [-0.1, -0.05) is 28.1 Å². The summed E-state index contributed by atoms with van der Waals surface area (Å²) >= 11 is 6.58. The standard InChI is InChI=1S/C57H64BrN7O7S2/c1-56(2)15-8-18-64(56)54(68)44-30-40(48-10-6-24-73-48)52-39-29-43(47(71-5)27-36(39)13-20-62(44)52)60-51(67)34-61-22-23-72-37(33-61)12-17-57(3)16-9-19-65(57)55(69)45-31-41(49-11-7-25-74-49)53-38-28-42(59-50(66)32-58)46(70-4)26-35(38)14-21-63(45)53/h6-7,10-11,24-31,37H,8-9,12-23,32-34H2,1-5H3,(H,59,66)(H,60,67)/t37-,57?/m1/s1. The van der Waals surface area contributed by atoms with Crippen LogP contribution in [0.4, 0.5) is 11.4 Å². The number of amides is 4. The average molecular weight is 1100 g/mol. The first-order valence-electron chi connectivity index (χ1n) is 25.9. The molecule has 17 heteroatoms. The van der Waals surface area contributed by atoms with Crippen molar-refractivity contribution in [3.8, 4) is 54.9 Å². The van der Waals surface area contributed by atoms with Crippen LogP contribution >= 0.6 is 38.6 Å². The smallest absolute Gasteiger partial charge is 0.270 e. The summed E-state index contributed by atoms with van der Waals surface area (Å²) in [5, 5.41) is 10.5. The zero-order valence-electron chi connectivity index (χ0n) is 42.8. The number of methoxy groups -OCH3 is 2. The van der Waals surface area contributed by atoms with E-state index >= 15 is 4.79 Å². The number of hydrogen-bond donors (Lipinski definition) is 2. The molecule has 3 saturated heterocycles. The number of aromatic nitrogens is 2. The lowest BCUT2D eigenvalue weighted by Gasteiger charge is -2.38. The minimum Gasteiger partial charge on any atom is -0.495 e. The second-order valence-corrected chi connectivity index (χ2v) is 23.6. The van der Waals surface area contributed by atoms with Crippen LogP contribution in [0.1, 0.15) is 91.4 Å². The highest BCUT2D eigenvalue weighted by molar-refractivity contribution is 9.09. The van der Waals surface area contributed by atoms with E-state index in [1.807, 2.05) is 41.3 Å². The van der Waals surface area contributed by atoms with Crippen molar-refractivity contribution in [3.05, 3.63) is 93.9 Å². The number of nitrogens with one attached hydrogen (secondary N) is 2. The number of likely N-dealkylation sites (tertiary alicyclic amines) is 2. The Morgan fingerprint density at radius 2 is 1.26 bits per heavy atom. The predicted octanol–water partition coefficient (Wildman–Crippen LogP) is 10.7. The summed E-state index contributed by atoms with van der Waals surface area (Å²) in [6.45, 7) is 11.2. The molecule has 6 aromatic rings. The molecule has 0 spiro atoms. The highest BCUT2D eigenvalue weighted by Crippen LogP contribution is 2.48. The summed E-state index contributed by atoms with van der Waals surface area (Å²) in [6.07, 6.45) is 6.62. The van der Waals surface area contributed by atoms with Crippen LogP contribution in [0.5, 0.6) is 11.5 Å². The van der Waals surface area contributed by atoms with E-state index in [2.05, 4.69) is 101 Å². The molecule has 14 nitrogen and oxygen atoms in total. The van der Waals surface area contributed by atoms with Gasteiger partial charge in [0.1, 0.15) is 22.9 Å². The maximum absolute atomic E-state index is 15.0. The molecule has 5 aliphatic heterocycles. The molecule has 0 aliphatic carbocycles. The van der Waals surface area contributed by atoms with E-state index in [9.17, 15) is 14.4 Å². The van der Waals surface area contributed by atoms with Crippen molar-refractivity contribution in [1.82, 2.24) is 23.8 Å². The molecule has 3 fully saturated rings. The summed E-state index contributed by atoms with van der Waals surface area (Å²) in [6, 6.07) is 20.5. The predicted molar refractivity (Wildman–Crippen MR) is 296 cm³/mol. The summed E-state index contributed by atoms with van der Waals surface area (Å²) < 4.78 is 22.4. The van der Waals surface area contributed by atoms with Crippen LogP contribution in [0.25, 0.3) is 43.4 Å². The van der Waals surface area contributed by atoms with Crippen molar-refractivity contribution < 1.29 is 33.4 Å². The molecule has 74 heavy (non-hydrogen) atoms. The number of carbonyl (C=O) groups is 4. The number of nitrogens with zero attached hydrogens (tertiary/aromatic N) is 5. The molecule has 4 amide bonds. The molecule has 2 atom stereocenters. The summed E-state index contributed by atoms with van der Waals surface area (Å²) in [5.41, 5.74) is 10.2. The van der Waals surface area contributed by atoms with Crippen molar-refractivity contribution in [2.75, 3.05) is 69.5 Å². The molecule has 388 valence electrons. The van der Waals surface area contributed by atoms with Gasteiger partial charge in [0.05, 0.1) is 61.6 Å². The van der Waals surface area contributed by atoms with E-state index < -0.39 is 0 Å². The Labute approximate surface area is 449 Å². The van der Waals surface area contributed by atoms with Crippen LogP contribution in [-0.2, 0) is 40.3 Å². The van der Waals surface area contributed by atoms with Gasteiger partial charge in [0.2, 0.25) is 11.8 Å². The first-order chi connectivity index (χ1) is 35.8. The zero-order chi connectivity index (χ0) is 51.5. The zero-order valence-corrected chi connectivity index (χ0v) is 46.0. The van der Waals surface area contributed by atoms with Crippen molar-refractivity contribution in [2.24, 2.45) is 0 Å². The number of aryl methyl sites for hydroxylation is 2. The Hall–Kier alpha value is -5.72. The lowest BCUT2D eigenvalue weighted by atomic mass is 9.90. The largest absolute Gasteiger partial charge is 0.495 e. The van der Waals surface area contributed by atoms with E-state index in [0.717, 1.165) is 106 Å². The highest BCUT2D eigenvalue weighted by atomic mass is 79.9. The minimum absolute atomic E-state index is 0.0234. The van der Waals surface area contributed by atoms with E-state index in [1.54, 1.807) is 36.9 Å². The number of benzene rings is 2. The van der Waals surface area contributed by atoms with Gasteiger partial charge in [-0.25, -0.2) is 0 Å². The van der Waals surface area contributed by atoms with E-state index in [1.165, 1.54) is 0 Å². The minimum atomic E-state index is -0.383. The van der Waals surface area contributed by atoms with Gasteiger partial charge < -0.3 is 43.8 Å². The molecule has 0 radical (unpaired) electrons. The molecular formula is C57H64BrN7O7S2. The lowest BCUT2D eigenvalue weighted by molar-refractivity contribution is -0.119. The van der Waals surface area contributed by atoms with Crippen LogP contribution in [0.3, 0.4) is 0 Å². The Morgan fingerprint density at radius 3 is 1.78 bits per heavy atom. The van der Waals surface area contributed by atoms with Gasteiger partial charge in [-0.3, -0.25) is 24.1 Å². The number of morpholine rings is 1. The molecule has 9 heterocycles. The number of anilines is 2. The van der Waals surface area contributed by atoms with Crippen molar-refractivity contribution >= 4 is 73.6 Å². The fourth-order valence-electron chi connectivity index (χ4n) is 12.4. The molecule has 0 bridgehead atoms. The molecule has 2 N–H and O–H groups in total. The highest BCUT2D eigenvalue weighted by Gasteiger charge is 2.43. The van der Waals surface area contributed by atoms with Crippen LogP contribution in [-0.4, -0.2) is 124 Å². The first kappa shape index (κ1) is 50.4. The normalized spacial score (nSPS) is 19.9. The van der Waals surface area contributed by atoms with E-state index in [4.69, 9.17) is 14.2 Å². The third-order valence-electron chi connectivity index (χ3n) is 16.2. The first-order valence-corrected chi connectivity index (χ1v) is 28.8. The van der Waals surface area contributed by atoms with Gasteiger partial charge in [-0.05, 0) is 143 Å². The fourth-order valence-corrected chi connectivity index (χ4v) is 14.0. The second-order valence-electron chi connectivity index (χ2n) is 21.2. The van der Waals surface area contributed by atoms with Gasteiger partial charge >= 0.3 is 0 Å². The number of alkyl halides is 1. The number of thiophene rings is 2. The van der Waals surface area contributed by atoms with Gasteiger partial charge in [-0.2, -0.15) is 0 Å². The number of rotatable bonds is 14. The third-order valence-corrected chi connectivity index (χ3v) is 18.5. The van der Waals surface area contributed by atoms with Gasteiger partial charge in [0, 0.05) is 82.4 Å². The van der Waals surface area contributed by atoms with Crippen molar-refractivity contribution in [1.29, 1.82) is 0 Å². The van der Waals surface area contributed by atoms with Crippen LogP contribution < -0.4 is 20.1 Å². The third kappa shape index (κ3) is 9.30. The van der Waals surface area contributed by atoms with Gasteiger partial charge in [0.15, 0.2) is 0 Å². The van der Waals surface area contributed by atoms with Crippen LogP contribution in [0.2, 0.25) is 0 Å². The molecule has 4 aromatic heterocycles. The Kier molecular flexibility index (Phi) is 13.9. The van der Waals surface area contributed by atoms with Crippen LogP contribution in [0.15, 0.2) is 71.4 Å². The van der Waals surface area contributed by atoms with Gasteiger partial charge in [0.25, 0.3) is 11.8 Å². The Bertz CT molecular complexity index is 3140. The van der Waals surface area contributed by atoms with Crippen LogP contribution in [0, 0.1) is 0 Å². The second kappa shape index (κ2) is 20.4. The number of hydrogen-bond acceptors (Lipinski definition) is 10. The molecule has 1 unspecified atom stereocenters. The molecule has 0 saturated carbocycles. The Morgan fingerprint density at radius 1 is 0.703 bits per heavy atom. The number of fused-ring (bicyclic) bond motifs is 6. The molecule has 5 aliphatic rings. The number of ether oxygens (including phenoxy) is 3. The number of halogens is 1. The maximum Gasteiger partial charge on any atom is 0.270 e. The molecular weight excluding hydrogens is 1040 g/mol. The number of carbonyl (C=O) groups excluding carboxylic acids is 4.